The number of hydrogen-bond acceptors (Lipinski definition) is 5. The number of allylic oxidation sites excluding steroid dienone is 1. The number of nitroso groups, excluding NO2 is 1. The molecule has 7 rings (SSSR count). The van der Waals surface area contributed by atoms with Crippen LogP contribution in [0.5, 0.6) is 0 Å². The Kier molecular flexibility index (Phi) is 9.35. The second-order valence-corrected chi connectivity index (χ2v) is 17.6. The van der Waals surface area contributed by atoms with Crippen molar-refractivity contribution in [1.82, 2.24) is 10.2 Å². The fraction of sp³-hybridized carbons (Fsp3) is 0.897. The Morgan fingerprint density at radius 2 is 1.59 bits per heavy atom. The minimum absolute atomic E-state index is 0.00666. The minimum Gasteiger partial charge on any atom is -0.378 e. The van der Waals surface area contributed by atoms with Gasteiger partial charge in [-0.2, -0.15) is 4.91 Å². The van der Waals surface area contributed by atoms with Crippen LogP contribution in [-0.2, 0) is 14.3 Å². The lowest BCUT2D eigenvalue weighted by atomic mass is 9.33. The molecule has 1 heterocycles. The van der Waals surface area contributed by atoms with Crippen LogP contribution in [0.2, 0.25) is 0 Å². The molecule has 6 saturated carbocycles. The fourth-order valence-corrected chi connectivity index (χ4v) is 13.4. The molecule has 1 N–H and O–H groups in total. The number of fused-ring (bicyclic) bond motifs is 7. The molecule has 0 bridgehead atoms. The predicted octanol–water partition coefficient (Wildman–Crippen LogP) is 7.78. The van der Waals surface area contributed by atoms with Crippen LogP contribution in [0.15, 0.2) is 17.8 Å². The van der Waals surface area contributed by atoms with E-state index in [9.17, 15) is 14.5 Å². The summed E-state index contributed by atoms with van der Waals surface area (Å²) in [6.07, 6.45) is 15.2. The molecule has 7 fully saturated rings. The van der Waals surface area contributed by atoms with Crippen molar-refractivity contribution in [2.45, 2.75) is 131 Å². The van der Waals surface area contributed by atoms with Gasteiger partial charge in [0.05, 0.1) is 24.7 Å². The molecule has 0 aromatic carbocycles. The summed E-state index contributed by atoms with van der Waals surface area (Å²) in [6.45, 7) is 20.2. The first-order valence-electron chi connectivity index (χ1n) is 19.0. The van der Waals surface area contributed by atoms with Crippen molar-refractivity contribution in [3.8, 4) is 0 Å². The number of ether oxygens (including phenoxy) is 1. The maximum atomic E-state index is 14.3. The van der Waals surface area contributed by atoms with Crippen molar-refractivity contribution in [3.63, 3.8) is 0 Å². The van der Waals surface area contributed by atoms with Crippen molar-refractivity contribution in [2.24, 2.45) is 68.3 Å². The van der Waals surface area contributed by atoms with Gasteiger partial charge in [-0.25, -0.2) is 0 Å². The van der Waals surface area contributed by atoms with Gasteiger partial charge in [0, 0.05) is 25.0 Å². The number of rotatable bonds is 4. The zero-order valence-electron chi connectivity index (χ0n) is 29.8. The molecule has 2 amide bonds. The van der Waals surface area contributed by atoms with Crippen LogP contribution in [0.25, 0.3) is 0 Å². The average molecular weight is 638 g/mol. The van der Waals surface area contributed by atoms with Crippen LogP contribution in [0.3, 0.4) is 0 Å². The van der Waals surface area contributed by atoms with Gasteiger partial charge in [-0.05, 0) is 129 Å². The van der Waals surface area contributed by atoms with E-state index in [2.05, 4.69) is 51.7 Å². The highest BCUT2D eigenvalue weighted by molar-refractivity contribution is 5.85. The van der Waals surface area contributed by atoms with Crippen LogP contribution < -0.4 is 5.32 Å². The SMILES string of the molecule is C=CC.CC1C(NC(=O)C23CCCC2C2CCC4C5(C)CCC(N=O)C(C)C5CCC4(C)[C@]2(C)CC3)CC1C(=O)N1CCOCC1. The van der Waals surface area contributed by atoms with E-state index in [-0.39, 0.29) is 46.1 Å². The van der Waals surface area contributed by atoms with Crippen molar-refractivity contribution in [1.29, 1.82) is 0 Å². The first kappa shape index (κ1) is 34.1. The first-order valence-corrected chi connectivity index (χ1v) is 19.0. The molecule has 0 spiro atoms. The van der Waals surface area contributed by atoms with Gasteiger partial charge in [0.25, 0.3) is 0 Å². The zero-order chi connectivity index (χ0) is 33.1. The molecular weight excluding hydrogens is 574 g/mol. The third kappa shape index (κ3) is 4.97. The summed E-state index contributed by atoms with van der Waals surface area (Å²) >= 11 is 0. The van der Waals surface area contributed by atoms with E-state index in [0.29, 0.717) is 67.2 Å². The second kappa shape index (κ2) is 12.6. The molecule has 12 unspecified atom stereocenters. The van der Waals surface area contributed by atoms with E-state index in [1.807, 2.05) is 11.8 Å². The highest BCUT2D eigenvalue weighted by Gasteiger charge is 2.70. The third-order valence-corrected chi connectivity index (χ3v) is 16.2. The van der Waals surface area contributed by atoms with Gasteiger partial charge in [0.15, 0.2) is 0 Å². The molecule has 7 nitrogen and oxygen atoms in total. The number of carbonyl (C=O) groups is 2. The molecule has 0 aromatic heterocycles. The molecule has 7 heteroatoms. The number of carbonyl (C=O) groups excluding carboxylic acids is 2. The van der Waals surface area contributed by atoms with Crippen LogP contribution in [0.1, 0.15) is 119 Å². The molecule has 1 aliphatic heterocycles. The van der Waals surface area contributed by atoms with E-state index in [4.69, 9.17) is 4.74 Å². The van der Waals surface area contributed by atoms with E-state index < -0.39 is 0 Å². The van der Waals surface area contributed by atoms with Gasteiger partial charge in [0.2, 0.25) is 11.8 Å². The number of amides is 2. The maximum Gasteiger partial charge on any atom is 0.226 e. The highest BCUT2D eigenvalue weighted by Crippen LogP contribution is 2.76. The van der Waals surface area contributed by atoms with E-state index in [1.165, 1.54) is 38.5 Å². The quantitative estimate of drug-likeness (QED) is 0.252. The summed E-state index contributed by atoms with van der Waals surface area (Å²) in [4.78, 5) is 41.1. The maximum absolute atomic E-state index is 14.3. The standard InChI is InChI=1S/C36H57N3O4.C3H6/c1-22-24(31(40)39-17-19-43-20-18-39)21-29(22)37-32(41)36-12-6-7-27(36)26-8-9-30-33(3)13-11-28(38-42)23(2)25(33)10-14-35(30,5)34(26,4)15-16-36;1-3-2/h22-30H,6-21H2,1-5H3,(H,37,41);3H,1H2,2H3/t22?,23?,24?,25?,26?,27?,28?,29?,30?,33?,34-,35?,36?;/m1./s1. The molecule has 46 heavy (non-hydrogen) atoms. The Balaban J connectivity index is 0.00000119. The van der Waals surface area contributed by atoms with Gasteiger partial charge in [-0.3, -0.25) is 9.59 Å². The summed E-state index contributed by atoms with van der Waals surface area (Å²) in [7, 11) is 0. The predicted molar refractivity (Wildman–Crippen MR) is 183 cm³/mol. The summed E-state index contributed by atoms with van der Waals surface area (Å²) < 4.78 is 5.44. The minimum atomic E-state index is -0.226. The third-order valence-electron chi connectivity index (χ3n) is 16.2. The van der Waals surface area contributed by atoms with Crippen LogP contribution in [-0.4, -0.2) is 55.1 Å². The lowest BCUT2D eigenvalue weighted by Gasteiger charge is -2.71. The zero-order valence-corrected chi connectivity index (χ0v) is 29.8. The largest absolute Gasteiger partial charge is 0.378 e. The van der Waals surface area contributed by atoms with Gasteiger partial charge in [0.1, 0.15) is 0 Å². The summed E-state index contributed by atoms with van der Waals surface area (Å²) in [5, 5.41) is 7.12. The van der Waals surface area contributed by atoms with Crippen molar-refractivity contribution in [3.05, 3.63) is 17.6 Å². The Morgan fingerprint density at radius 1 is 0.870 bits per heavy atom. The lowest BCUT2D eigenvalue weighted by molar-refractivity contribution is -0.226. The number of nitrogens with zero attached hydrogens (tertiary/aromatic N) is 2. The van der Waals surface area contributed by atoms with Gasteiger partial charge >= 0.3 is 0 Å². The molecule has 1 saturated heterocycles. The molecule has 0 aromatic rings. The molecule has 0 radical (unpaired) electrons. The fourth-order valence-electron chi connectivity index (χ4n) is 13.4. The van der Waals surface area contributed by atoms with Gasteiger partial charge in [-0.1, -0.05) is 52.3 Å². The monoisotopic (exact) mass is 637 g/mol. The Morgan fingerprint density at radius 3 is 2.26 bits per heavy atom. The molecule has 7 aliphatic rings. The topological polar surface area (TPSA) is 88.1 Å². The molecular formula is C39H63N3O4. The van der Waals surface area contributed by atoms with E-state index in [1.54, 1.807) is 6.08 Å². The van der Waals surface area contributed by atoms with Crippen LogP contribution in [0.4, 0.5) is 0 Å². The van der Waals surface area contributed by atoms with E-state index in [0.717, 1.165) is 38.5 Å². The smallest absolute Gasteiger partial charge is 0.226 e. The average Bonchev–Trinajstić information content (AvgIpc) is 3.49. The Bertz CT molecular complexity index is 1190. The number of nitrogens with one attached hydrogen (secondary N) is 1. The first-order chi connectivity index (χ1) is 21.9. The molecule has 258 valence electrons. The summed E-state index contributed by atoms with van der Waals surface area (Å²) in [5.74, 6) is 3.55. The Labute approximate surface area is 278 Å². The number of morpholine rings is 1. The van der Waals surface area contributed by atoms with Crippen molar-refractivity contribution >= 4 is 11.8 Å². The summed E-state index contributed by atoms with van der Waals surface area (Å²) in [6, 6.07) is 0.112. The van der Waals surface area contributed by atoms with E-state index >= 15 is 0 Å². The van der Waals surface area contributed by atoms with Crippen molar-refractivity contribution < 1.29 is 14.3 Å². The van der Waals surface area contributed by atoms with Gasteiger partial charge in [-0.15, -0.1) is 6.58 Å². The second-order valence-electron chi connectivity index (χ2n) is 17.6. The van der Waals surface area contributed by atoms with Crippen LogP contribution in [0, 0.1) is 68.0 Å². The Hall–Kier alpha value is -1.76. The van der Waals surface area contributed by atoms with Crippen molar-refractivity contribution in [2.75, 3.05) is 26.3 Å². The summed E-state index contributed by atoms with van der Waals surface area (Å²) in [5.41, 5.74) is 0.600. The van der Waals surface area contributed by atoms with Crippen LogP contribution >= 0.6 is 0 Å². The lowest BCUT2D eigenvalue weighted by Crippen LogP contribution is -2.66. The normalized spacial score (nSPS) is 49.3. The highest BCUT2D eigenvalue weighted by atomic mass is 16.5. The molecule has 6 aliphatic carbocycles. The van der Waals surface area contributed by atoms with Gasteiger partial charge < -0.3 is 15.0 Å². The molecule has 13 atom stereocenters. The number of hydrogen-bond donors (Lipinski definition) is 1.